The minimum absolute atomic E-state index is 0.0643. The number of carbonyl (C=O) groups excluding carboxylic acids is 1. The van der Waals surface area contributed by atoms with E-state index in [1.165, 1.54) is 5.56 Å². The highest BCUT2D eigenvalue weighted by atomic mass is 16.5. The Balaban J connectivity index is 1.83. The SMILES string of the molecule is Cc1ccccc1OCC(=O)NN=Cc1ccc(C(C)(C)C)cc1. The summed E-state index contributed by atoms with van der Waals surface area (Å²) in [4.78, 5) is 11.8. The first kappa shape index (κ1) is 17.7. The van der Waals surface area contributed by atoms with Crippen LogP contribution in [0.2, 0.25) is 0 Å². The maximum absolute atomic E-state index is 11.8. The van der Waals surface area contributed by atoms with Gasteiger partial charge in [0.25, 0.3) is 5.91 Å². The van der Waals surface area contributed by atoms with Crippen molar-refractivity contribution in [2.24, 2.45) is 5.10 Å². The molecule has 0 fully saturated rings. The zero-order chi connectivity index (χ0) is 17.6. The average molecular weight is 324 g/mol. The number of nitrogens with one attached hydrogen (secondary N) is 1. The van der Waals surface area contributed by atoms with Gasteiger partial charge in [0.1, 0.15) is 5.75 Å². The van der Waals surface area contributed by atoms with E-state index in [4.69, 9.17) is 4.74 Å². The van der Waals surface area contributed by atoms with E-state index in [2.05, 4.69) is 43.4 Å². The van der Waals surface area contributed by atoms with Gasteiger partial charge in [0.05, 0.1) is 6.21 Å². The summed E-state index contributed by atoms with van der Waals surface area (Å²) in [6.45, 7) is 8.39. The van der Waals surface area contributed by atoms with Crippen molar-refractivity contribution >= 4 is 12.1 Å². The molecule has 0 heterocycles. The molecule has 0 aliphatic rings. The number of para-hydroxylation sites is 1. The lowest BCUT2D eigenvalue weighted by Gasteiger charge is -2.18. The van der Waals surface area contributed by atoms with E-state index in [1.807, 2.05) is 43.3 Å². The molecular formula is C20H24N2O2. The van der Waals surface area contributed by atoms with Crippen molar-refractivity contribution in [2.45, 2.75) is 33.1 Å². The number of hydrogen-bond donors (Lipinski definition) is 1. The van der Waals surface area contributed by atoms with Crippen LogP contribution in [0.3, 0.4) is 0 Å². The van der Waals surface area contributed by atoms with Crippen LogP contribution in [0.5, 0.6) is 5.75 Å². The van der Waals surface area contributed by atoms with Crippen LogP contribution < -0.4 is 10.2 Å². The minimum atomic E-state index is -0.291. The number of carbonyl (C=O) groups is 1. The summed E-state index contributed by atoms with van der Waals surface area (Å²) in [5.41, 5.74) is 5.78. The third kappa shape index (κ3) is 5.23. The fourth-order valence-corrected chi connectivity index (χ4v) is 2.14. The monoisotopic (exact) mass is 324 g/mol. The number of amides is 1. The van der Waals surface area contributed by atoms with Gasteiger partial charge in [0, 0.05) is 0 Å². The van der Waals surface area contributed by atoms with Crippen molar-refractivity contribution in [2.75, 3.05) is 6.61 Å². The van der Waals surface area contributed by atoms with Gasteiger partial charge < -0.3 is 4.74 Å². The quantitative estimate of drug-likeness (QED) is 0.671. The highest BCUT2D eigenvalue weighted by Gasteiger charge is 2.12. The number of ether oxygens (including phenoxy) is 1. The fourth-order valence-electron chi connectivity index (χ4n) is 2.14. The van der Waals surface area contributed by atoms with E-state index in [0.29, 0.717) is 5.75 Å². The lowest BCUT2D eigenvalue weighted by molar-refractivity contribution is -0.123. The Labute approximate surface area is 143 Å². The van der Waals surface area contributed by atoms with Crippen LogP contribution in [-0.4, -0.2) is 18.7 Å². The first-order valence-corrected chi connectivity index (χ1v) is 7.97. The van der Waals surface area contributed by atoms with Crippen molar-refractivity contribution in [3.63, 3.8) is 0 Å². The topological polar surface area (TPSA) is 50.7 Å². The molecule has 0 bridgehead atoms. The smallest absolute Gasteiger partial charge is 0.277 e. The summed E-state index contributed by atoms with van der Waals surface area (Å²) in [6.07, 6.45) is 1.62. The van der Waals surface area contributed by atoms with Gasteiger partial charge in [-0.3, -0.25) is 4.79 Å². The predicted octanol–water partition coefficient (Wildman–Crippen LogP) is 3.82. The molecule has 0 saturated carbocycles. The number of aryl methyl sites for hydroxylation is 1. The molecule has 0 aliphatic carbocycles. The molecule has 0 unspecified atom stereocenters. The molecule has 1 amide bonds. The first-order valence-electron chi connectivity index (χ1n) is 7.97. The Morgan fingerprint density at radius 1 is 1.12 bits per heavy atom. The number of hydrazone groups is 1. The molecule has 2 aromatic carbocycles. The second-order valence-electron chi connectivity index (χ2n) is 6.72. The molecule has 0 atom stereocenters. The first-order chi connectivity index (χ1) is 11.4. The maximum Gasteiger partial charge on any atom is 0.277 e. The molecule has 0 saturated heterocycles. The van der Waals surface area contributed by atoms with Crippen molar-refractivity contribution in [1.82, 2.24) is 5.43 Å². The summed E-state index contributed by atoms with van der Waals surface area (Å²) in [7, 11) is 0. The summed E-state index contributed by atoms with van der Waals surface area (Å²) >= 11 is 0. The molecule has 4 heteroatoms. The van der Waals surface area contributed by atoms with E-state index in [0.717, 1.165) is 11.1 Å². The fraction of sp³-hybridized carbons (Fsp3) is 0.300. The Bertz CT molecular complexity index is 713. The molecule has 2 aromatic rings. The molecule has 2 rings (SSSR count). The highest BCUT2D eigenvalue weighted by Crippen LogP contribution is 2.21. The van der Waals surface area contributed by atoms with E-state index >= 15 is 0 Å². The molecule has 1 N–H and O–H groups in total. The van der Waals surface area contributed by atoms with E-state index in [-0.39, 0.29) is 17.9 Å². The zero-order valence-electron chi connectivity index (χ0n) is 14.7. The predicted molar refractivity (Wildman–Crippen MR) is 97.6 cm³/mol. The summed E-state index contributed by atoms with van der Waals surface area (Å²) < 4.78 is 5.47. The van der Waals surface area contributed by atoms with Crippen LogP contribution in [0.25, 0.3) is 0 Å². The molecule has 0 aromatic heterocycles. The van der Waals surface area contributed by atoms with Crippen molar-refractivity contribution in [3.8, 4) is 5.75 Å². The van der Waals surface area contributed by atoms with Crippen molar-refractivity contribution in [1.29, 1.82) is 0 Å². The molecular weight excluding hydrogens is 300 g/mol. The lowest BCUT2D eigenvalue weighted by atomic mass is 9.87. The Kier molecular flexibility index (Phi) is 5.74. The number of nitrogens with zero attached hydrogens (tertiary/aromatic N) is 1. The summed E-state index contributed by atoms with van der Waals surface area (Å²) in [5, 5.41) is 3.96. The molecule has 126 valence electrons. The van der Waals surface area contributed by atoms with Gasteiger partial charge in [-0.05, 0) is 35.1 Å². The second kappa shape index (κ2) is 7.77. The van der Waals surface area contributed by atoms with Crippen LogP contribution in [0, 0.1) is 6.92 Å². The van der Waals surface area contributed by atoms with Crippen LogP contribution >= 0.6 is 0 Å². The third-order valence-corrected chi connectivity index (χ3v) is 3.63. The van der Waals surface area contributed by atoms with E-state index in [1.54, 1.807) is 6.21 Å². The van der Waals surface area contributed by atoms with E-state index < -0.39 is 0 Å². The third-order valence-electron chi connectivity index (χ3n) is 3.63. The average Bonchev–Trinajstić information content (AvgIpc) is 2.54. The van der Waals surface area contributed by atoms with Gasteiger partial charge in [0.15, 0.2) is 6.61 Å². The van der Waals surface area contributed by atoms with Crippen molar-refractivity contribution < 1.29 is 9.53 Å². The Morgan fingerprint density at radius 2 is 1.79 bits per heavy atom. The van der Waals surface area contributed by atoms with Crippen LogP contribution in [-0.2, 0) is 10.2 Å². The Morgan fingerprint density at radius 3 is 2.42 bits per heavy atom. The van der Waals surface area contributed by atoms with Crippen LogP contribution in [0.1, 0.15) is 37.5 Å². The largest absolute Gasteiger partial charge is 0.483 e. The Hall–Kier alpha value is -2.62. The number of benzene rings is 2. The molecule has 4 nitrogen and oxygen atoms in total. The normalized spacial score (nSPS) is 11.5. The lowest BCUT2D eigenvalue weighted by Crippen LogP contribution is -2.24. The van der Waals surface area contributed by atoms with Gasteiger partial charge in [-0.15, -0.1) is 0 Å². The summed E-state index contributed by atoms with van der Waals surface area (Å²) in [5.74, 6) is 0.412. The highest BCUT2D eigenvalue weighted by molar-refractivity contribution is 5.83. The molecule has 0 spiro atoms. The minimum Gasteiger partial charge on any atom is -0.483 e. The van der Waals surface area contributed by atoms with Gasteiger partial charge in [-0.2, -0.15) is 5.10 Å². The maximum atomic E-state index is 11.8. The van der Waals surface area contributed by atoms with Gasteiger partial charge in [-0.25, -0.2) is 5.43 Å². The van der Waals surface area contributed by atoms with Gasteiger partial charge in [0.2, 0.25) is 0 Å². The molecule has 0 aliphatic heterocycles. The second-order valence-corrected chi connectivity index (χ2v) is 6.72. The molecule has 24 heavy (non-hydrogen) atoms. The summed E-state index contributed by atoms with van der Waals surface area (Å²) in [6, 6.07) is 15.7. The number of rotatable bonds is 5. The van der Waals surface area contributed by atoms with Crippen molar-refractivity contribution in [3.05, 3.63) is 65.2 Å². The van der Waals surface area contributed by atoms with Gasteiger partial charge in [-0.1, -0.05) is 63.2 Å². The zero-order valence-corrected chi connectivity index (χ0v) is 14.7. The van der Waals surface area contributed by atoms with Gasteiger partial charge >= 0.3 is 0 Å². The van der Waals surface area contributed by atoms with Crippen LogP contribution in [0.4, 0.5) is 0 Å². The molecule has 0 radical (unpaired) electrons. The van der Waals surface area contributed by atoms with E-state index in [9.17, 15) is 4.79 Å². The number of hydrogen-bond acceptors (Lipinski definition) is 3. The van der Waals surface area contributed by atoms with Crippen LogP contribution in [0.15, 0.2) is 53.6 Å². The standard InChI is InChI=1S/C20H24N2O2/c1-15-7-5-6-8-18(15)24-14-19(23)22-21-13-16-9-11-17(12-10-16)20(2,3)4/h5-13H,14H2,1-4H3,(H,22,23).